The molecule has 0 radical (unpaired) electrons. The summed E-state index contributed by atoms with van der Waals surface area (Å²) in [6.07, 6.45) is 6.00. The molecule has 2 aromatic rings. The van der Waals surface area contributed by atoms with Crippen molar-refractivity contribution >= 4 is 17.1 Å². The summed E-state index contributed by atoms with van der Waals surface area (Å²) in [7, 11) is 1.79. The lowest BCUT2D eigenvalue weighted by Crippen LogP contribution is -2.37. The van der Waals surface area contributed by atoms with Crippen molar-refractivity contribution in [3.05, 3.63) is 29.6 Å². The number of hydrogen-bond donors (Lipinski definition) is 2. The fraction of sp³-hybridized carbons (Fsp3) is 0.579. The first-order valence-electron chi connectivity index (χ1n) is 9.17. The van der Waals surface area contributed by atoms with Crippen LogP contribution in [0, 0.1) is 6.92 Å². The fourth-order valence-corrected chi connectivity index (χ4v) is 3.25. The number of unbranched alkanes of at least 4 members (excludes halogenated alkanes) is 1. The number of aromatic nitrogens is 2. The number of carbonyl (C=O) groups is 1. The molecule has 1 atom stereocenters. The first kappa shape index (κ1) is 17.7. The van der Waals surface area contributed by atoms with Gasteiger partial charge >= 0.3 is 6.03 Å². The van der Waals surface area contributed by atoms with Crippen molar-refractivity contribution in [2.45, 2.75) is 51.7 Å². The van der Waals surface area contributed by atoms with Gasteiger partial charge in [0.1, 0.15) is 5.82 Å². The zero-order valence-corrected chi connectivity index (χ0v) is 15.2. The number of urea groups is 1. The van der Waals surface area contributed by atoms with Crippen LogP contribution in [0.2, 0.25) is 0 Å². The van der Waals surface area contributed by atoms with Crippen LogP contribution >= 0.6 is 0 Å². The Morgan fingerprint density at radius 3 is 3.12 bits per heavy atom. The second kappa shape index (κ2) is 8.34. The van der Waals surface area contributed by atoms with E-state index >= 15 is 0 Å². The topological polar surface area (TPSA) is 70.2 Å². The third kappa shape index (κ3) is 4.95. The van der Waals surface area contributed by atoms with Crippen LogP contribution < -0.4 is 5.32 Å². The summed E-state index contributed by atoms with van der Waals surface area (Å²) >= 11 is 0. The highest BCUT2D eigenvalue weighted by molar-refractivity contribution is 5.76. The van der Waals surface area contributed by atoms with Gasteiger partial charge in [-0.3, -0.25) is 0 Å². The zero-order valence-electron chi connectivity index (χ0n) is 15.2. The van der Waals surface area contributed by atoms with E-state index in [4.69, 9.17) is 4.74 Å². The van der Waals surface area contributed by atoms with Crippen molar-refractivity contribution in [2.75, 3.05) is 20.2 Å². The van der Waals surface area contributed by atoms with Crippen LogP contribution in [0.1, 0.15) is 43.5 Å². The minimum Gasteiger partial charge on any atom is -0.378 e. The molecule has 6 nitrogen and oxygen atoms in total. The number of benzene rings is 1. The van der Waals surface area contributed by atoms with E-state index < -0.39 is 0 Å². The molecule has 1 fully saturated rings. The van der Waals surface area contributed by atoms with Crippen LogP contribution in [0.15, 0.2) is 18.2 Å². The number of aromatic amines is 1. The third-order valence-electron chi connectivity index (χ3n) is 4.67. The smallest absolute Gasteiger partial charge is 0.317 e. The Morgan fingerprint density at radius 2 is 2.32 bits per heavy atom. The molecule has 0 spiro atoms. The number of nitrogens with zero attached hydrogens (tertiary/aromatic N) is 2. The molecule has 1 aromatic heterocycles. The maximum atomic E-state index is 12.2. The molecule has 136 valence electrons. The monoisotopic (exact) mass is 344 g/mol. The van der Waals surface area contributed by atoms with E-state index in [0.717, 1.165) is 42.7 Å². The summed E-state index contributed by atoms with van der Waals surface area (Å²) in [4.78, 5) is 21.7. The van der Waals surface area contributed by atoms with E-state index in [2.05, 4.69) is 28.3 Å². The summed E-state index contributed by atoms with van der Waals surface area (Å²) in [6, 6.07) is 6.05. The van der Waals surface area contributed by atoms with Gasteiger partial charge in [0.25, 0.3) is 0 Å². The molecule has 0 saturated carbocycles. The van der Waals surface area contributed by atoms with Gasteiger partial charge in [-0.05, 0) is 56.7 Å². The minimum absolute atomic E-state index is 0.0613. The van der Waals surface area contributed by atoms with Crippen LogP contribution in [0.3, 0.4) is 0 Å². The largest absolute Gasteiger partial charge is 0.378 e. The molecular weight excluding hydrogens is 316 g/mol. The highest BCUT2D eigenvalue weighted by atomic mass is 16.5. The summed E-state index contributed by atoms with van der Waals surface area (Å²) in [5, 5.41) is 2.98. The molecule has 0 aliphatic carbocycles. The summed E-state index contributed by atoms with van der Waals surface area (Å²) in [5.41, 5.74) is 3.14. The number of amides is 2. The maximum absolute atomic E-state index is 12.2. The number of H-pyrrole nitrogens is 1. The zero-order chi connectivity index (χ0) is 17.6. The Kier molecular flexibility index (Phi) is 5.91. The predicted molar refractivity (Wildman–Crippen MR) is 98.5 cm³/mol. The van der Waals surface area contributed by atoms with E-state index in [-0.39, 0.29) is 6.03 Å². The van der Waals surface area contributed by atoms with Crippen LogP contribution in [0.4, 0.5) is 4.79 Å². The van der Waals surface area contributed by atoms with Crippen molar-refractivity contribution < 1.29 is 9.53 Å². The average Bonchev–Trinajstić information content (AvgIpc) is 3.23. The van der Waals surface area contributed by atoms with Gasteiger partial charge in [-0.25, -0.2) is 9.78 Å². The van der Waals surface area contributed by atoms with E-state index in [9.17, 15) is 4.79 Å². The van der Waals surface area contributed by atoms with Crippen LogP contribution in [0.25, 0.3) is 11.0 Å². The number of imidazole rings is 1. The Balaban J connectivity index is 1.39. The molecule has 1 aliphatic rings. The lowest BCUT2D eigenvalue weighted by atomic mass is 10.1. The number of carbonyl (C=O) groups excluding carboxylic acids is 1. The van der Waals surface area contributed by atoms with Crippen LogP contribution in [0.5, 0.6) is 0 Å². The van der Waals surface area contributed by atoms with Gasteiger partial charge in [0, 0.05) is 20.2 Å². The second-order valence-electron chi connectivity index (χ2n) is 6.92. The molecule has 25 heavy (non-hydrogen) atoms. The second-order valence-corrected chi connectivity index (χ2v) is 6.92. The number of rotatable bonds is 7. The molecule has 1 saturated heterocycles. The average molecular weight is 344 g/mol. The van der Waals surface area contributed by atoms with Gasteiger partial charge in [-0.15, -0.1) is 0 Å². The Bertz CT molecular complexity index is 707. The van der Waals surface area contributed by atoms with E-state index in [0.29, 0.717) is 19.2 Å². The van der Waals surface area contributed by atoms with Crippen LogP contribution in [-0.4, -0.2) is 47.2 Å². The number of hydrogen-bond acceptors (Lipinski definition) is 3. The van der Waals surface area contributed by atoms with Crippen LogP contribution in [-0.2, 0) is 11.3 Å². The van der Waals surface area contributed by atoms with Crippen molar-refractivity contribution in [1.82, 2.24) is 20.2 Å². The molecule has 0 bridgehead atoms. The van der Waals surface area contributed by atoms with Gasteiger partial charge in [0.2, 0.25) is 0 Å². The first-order valence-corrected chi connectivity index (χ1v) is 9.17. The number of fused-ring (bicyclic) bond motifs is 1. The Labute approximate surface area is 149 Å². The normalized spacial score (nSPS) is 17.1. The lowest BCUT2D eigenvalue weighted by Gasteiger charge is -2.16. The number of ether oxygens (including phenoxy) is 1. The van der Waals surface area contributed by atoms with Gasteiger partial charge in [-0.1, -0.05) is 6.07 Å². The molecule has 3 rings (SSSR count). The van der Waals surface area contributed by atoms with Gasteiger partial charge in [-0.2, -0.15) is 0 Å². The molecule has 1 aliphatic heterocycles. The highest BCUT2D eigenvalue weighted by Crippen LogP contribution is 2.17. The van der Waals surface area contributed by atoms with Gasteiger partial charge in [0.15, 0.2) is 0 Å². The molecule has 2 heterocycles. The summed E-state index contributed by atoms with van der Waals surface area (Å²) in [5.74, 6) is 0.802. The molecule has 6 heteroatoms. The third-order valence-corrected chi connectivity index (χ3v) is 4.67. The van der Waals surface area contributed by atoms with E-state index in [1.54, 1.807) is 11.9 Å². The van der Waals surface area contributed by atoms with Crippen molar-refractivity contribution in [3.63, 3.8) is 0 Å². The standard InChI is InChI=1S/C19H28N4O2/c1-14-8-9-16-17(12-14)22-18(21-16)13-23(2)19(24)20-10-4-3-6-15-7-5-11-25-15/h8-9,12,15H,3-7,10-11,13H2,1-2H3,(H,20,24)(H,21,22)/t15-/m0/s1. The fourth-order valence-electron chi connectivity index (χ4n) is 3.25. The Hall–Kier alpha value is -2.08. The van der Waals surface area contributed by atoms with E-state index in [1.165, 1.54) is 18.4 Å². The molecule has 2 amide bonds. The SMILES string of the molecule is Cc1ccc2nc(CN(C)C(=O)NCCCC[C@H]3CCCO3)[nH]c2c1. The molecular formula is C19H28N4O2. The number of nitrogens with one attached hydrogen (secondary N) is 2. The number of aryl methyl sites for hydroxylation is 1. The molecule has 0 unspecified atom stereocenters. The highest BCUT2D eigenvalue weighted by Gasteiger charge is 2.15. The van der Waals surface area contributed by atoms with Gasteiger partial charge < -0.3 is 19.9 Å². The minimum atomic E-state index is -0.0613. The predicted octanol–water partition coefficient (Wildman–Crippen LogP) is 3.36. The summed E-state index contributed by atoms with van der Waals surface area (Å²) in [6.45, 7) is 4.14. The lowest BCUT2D eigenvalue weighted by molar-refractivity contribution is 0.102. The molecule has 2 N–H and O–H groups in total. The Morgan fingerprint density at radius 1 is 1.44 bits per heavy atom. The summed E-state index contributed by atoms with van der Waals surface area (Å²) < 4.78 is 5.61. The first-order chi connectivity index (χ1) is 12.1. The maximum Gasteiger partial charge on any atom is 0.317 e. The van der Waals surface area contributed by atoms with E-state index in [1.807, 2.05) is 12.1 Å². The van der Waals surface area contributed by atoms with Crippen molar-refractivity contribution in [3.8, 4) is 0 Å². The quantitative estimate of drug-likeness (QED) is 0.757. The van der Waals surface area contributed by atoms with Crippen molar-refractivity contribution in [2.24, 2.45) is 0 Å². The van der Waals surface area contributed by atoms with Crippen molar-refractivity contribution in [1.29, 1.82) is 0 Å². The molecule has 1 aromatic carbocycles. The van der Waals surface area contributed by atoms with Gasteiger partial charge in [0.05, 0.1) is 23.7 Å².